The number of benzene rings is 1. The number of hydrogen-bond acceptors (Lipinski definition) is 5. The standard InChI is InChI=1S/C13H20N2O4S2/c1-9(12(8-16)20-2)14-13(17)10-4-6-11(7-5-10)15-21(3,18)19/h4-7,9,12,15-16H,8H2,1-3H3,(H,14,17). The van der Waals surface area contributed by atoms with Crippen LogP contribution in [0.3, 0.4) is 0 Å². The third-order valence-electron chi connectivity index (χ3n) is 2.85. The quantitative estimate of drug-likeness (QED) is 0.689. The summed E-state index contributed by atoms with van der Waals surface area (Å²) in [5, 5.41) is 11.9. The van der Waals surface area contributed by atoms with Crippen molar-refractivity contribution in [2.24, 2.45) is 0 Å². The number of rotatable bonds is 7. The molecular formula is C13H20N2O4S2. The van der Waals surface area contributed by atoms with Crippen molar-refractivity contribution in [1.29, 1.82) is 0 Å². The number of aliphatic hydroxyl groups is 1. The second-order valence-corrected chi connectivity index (χ2v) is 7.50. The van der Waals surface area contributed by atoms with Crippen LogP contribution in [-0.4, -0.2) is 49.8 Å². The molecule has 0 aliphatic carbocycles. The van der Waals surface area contributed by atoms with Crippen LogP contribution in [0.25, 0.3) is 0 Å². The van der Waals surface area contributed by atoms with E-state index in [0.717, 1.165) is 6.26 Å². The van der Waals surface area contributed by atoms with Gasteiger partial charge in [-0.05, 0) is 37.4 Å². The van der Waals surface area contributed by atoms with Gasteiger partial charge in [-0.15, -0.1) is 0 Å². The summed E-state index contributed by atoms with van der Waals surface area (Å²) in [6, 6.07) is 5.97. The lowest BCUT2D eigenvalue weighted by atomic mass is 10.1. The number of aliphatic hydroxyl groups excluding tert-OH is 1. The SMILES string of the molecule is CSC(CO)C(C)NC(=O)c1ccc(NS(C)(=O)=O)cc1. The molecule has 118 valence electrons. The van der Waals surface area contributed by atoms with E-state index in [1.165, 1.54) is 23.9 Å². The van der Waals surface area contributed by atoms with Crippen molar-refractivity contribution < 1.29 is 18.3 Å². The number of carbonyl (C=O) groups is 1. The van der Waals surface area contributed by atoms with E-state index >= 15 is 0 Å². The van der Waals surface area contributed by atoms with Crippen LogP contribution < -0.4 is 10.0 Å². The highest BCUT2D eigenvalue weighted by Gasteiger charge is 2.18. The maximum absolute atomic E-state index is 12.0. The number of nitrogens with one attached hydrogen (secondary N) is 2. The normalized spacial score (nSPS) is 14.3. The molecular weight excluding hydrogens is 312 g/mol. The minimum absolute atomic E-state index is 0.0141. The topological polar surface area (TPSA) is 95.5 Å². The Morgan fingerprint density at radius 2 is 1.90 bits per heavy atom. The monoisotopic (exact) mass is 332 g/mol. The molecule has 0 saturated heterocycles. The number of hydrogen-bond donors (Lipinski definition) is 3. The van der Waals surface area contributed by atoms with E-state index in [1.807, 2.05) is 13.2 Å². The Bertz CT molecular complexity index is 568. The molecule has 2 unspecified atom stereocenters. The van der Waals surface area contributed by atoms with Crippen molar-refractivity contribution in [3.8, 4) is 0 Å². The van der Waals surface area contributed by atoms with Crippen molar-refractivity contribution in [2.45, 2.75) is 18.2 Å². The number of amides is 1. The van der Waals surface area contributed by atoms with Crippen molar-refractivity contribution in [2.75, 3.05) is 23.8 Å². The predicted molar refractivity (Wildman–Crippen MR) is 86.2 cm³/mol. The summed E-state index contributed by atoms with van der Waals surface area (Å²) >= 11 is 1.48. The Morgan fingerprint density at radius 1 is 1.33 bits per heavy atom. The highest BCUT2D eigenvalue weighted by atomic mass is 32.2. The van der Waals surface area contributed by atoms with Crippen LogP contribution in [0, 0.1) is 0 Å². The molecule has 3 N–H and O–H groups in total. The molecule has 1 aromatic rings. The van der Waals surface area contributed by atoms with E-state index in [9.17, 15) is 18.3 Å². The summed E-state index contributed by atoms with van der Waals surface area (Å²) in [6.45, 7) is 1.81. The highest BCUT2D eigenvalue weighted by molar-refractivity contribution is 7.99. The van der Waals surface area contributed by atoms with Gasteiger partial charge in [0.25, 0.3) is 5.91 Å². The minimum Gasteiger partial charge on any atom is -0.395 e. The zero-order chi connectivity index (χ0) is 16.0. The van der Waals surface area contributed by atoms with Gasteiger partial charge in [0.1, 0.15) is 0 Å². The van der Waals surface area contributed by atoms with Crippen LogP contribution in [0.15, 0.2) is 24.3 Å². The van der Waals surface area contributed by atoms with Gasteiger partial charge in [-0.25, -0.2) is 8.42 Å². The number of carbonyl (C=O) groups excluding carboxylic acids is 1. The van der Waals surface area contributed by atoms with Crippen molar-refractivity contribution in [1.82, 2.24) is 5.32 Å². The minimum atomic E-state index is -3.33. The van der Waals surface area contributed by atoms with E-state index < -0.39 is 10.0 Å². The third-order valence-corrected chi connectivity index (χ3v) is 4.62. The molecule has 8 heteroatoms. The van der Waals surface area contributed by atoms with E-state index in [2.05, 4.69) is 10.0 Å². The molecule has 1 amide bonds. The van der Waals surface area contributed by atoms with Gasteiger partial charge in [-0.2, -0.15) is 11.8 Å². The van der Waals surface area contributed by atoms with Crippen molar-refractivity contribution in [3.05, 3.63) is 29.8 Å². The Morgan fingerprint density at radius 3 is 2.33 bits per heavy atom. The molecule has 0 saturated carbocycles. The Hall–Kier alpha value is -1.25. The first-order chi connectivity index (χ1) is 9.76. The van der Waals surface area contributed by atoms with Crippen LogP contribution in [0.5, 0.6) is 0 Å². The number of anilines is 1. The van der Waals surface area contributed by atoms with Crippen LogP contribution in [0.4, 0.5) is 5.69 Å². The largest absolute Gasteiger partial charge is 0.395 e. The van der Waals surface area contributed by atoms with Crippen molar-refractivity contribution in [3.63, 3.8) is 0 Å². The zero-order valence-electron chi connectivity index (χ0n) is 12.2. The fraction of sp³-hybridized carbons (Fsp3) is 0.462. The van der Waals surface area contributed by atoms with Gasteiger partial charge in [0.15, 0.2) is 0 Å². The van der Waals surface area contributed by atoms with Crippen LogP contribution in [0.2, 0.25) is 0 Å². The molecule has 0 aliphatic rings. The van der Waals surface area contributed by atoms with E-state index in [0.29, 0.717) is 11.3 Å². The van der Waals surface area contributed by atoms with E-state index in [4.69, 9.17) is 0 Å². The smallest absolute Gasteiger partial charge is 0.251 e. The average Bonchev–Trinajstić information content (AvgIpc) is 2.39. The summed E-state index contributed by atoms with van der Waals surface area (Å²) in [5.74, 6) is -0.263. The van der Waals surface area contributed by atoms with Crippen LogP contribution >= 0.6 is 11.8 Å². The fourth-order valence-electron chi connectivity index (χ4n) is 1.72. The molecule has 0 heterocycles. The number of sulfonamides is 1. The number of thioether (sulfide) groups is 1. The van der Waals surface area contributed by atoms with Gasteiger partial charge >= 0.3 is 0 Å². The van der Waals surface area contributed by atoms with Crippen molar-refractivity contribution >= 4 is 33.4 Å². The molecule has 21 heavy (non-hydrogen) atoms. The Balaban J connectivity index is 2.71. The maximum Gasteiger partial charge on any atom is 0.251 e. The molecule has 0 fully saturated rings. The predicted octanol–water partition coefficient (Wildman–Crippen LogP) is 0.900. The molecule has 6 nitrogen and oxygen atoms in total. The average molecular weight is 332 g/mol. The molecule has 1 aromatic carbocycles. The van der Waals surface area contributed by atoms with Gasteiger partial charge in [0.05, 0.1) is 12.9 Å². The zero-order valence-corrected chi connectivity index (χ0v) is 13.8. The van der Waals surface area contributed by atoms with Crippen LogP contribution in [-0.2, 0) is 10.0 Å². The lowest BCUT2D eigenvalue weighted by Crippen LogP contribution is -2.41. The molecule has 0 radical (unpaired) electrons. The molecule has 0 bridgehead atoms. The lowest BCUT2D eigenvalue weighted by Gasteiger charge is -2.21. The molecule has 0 aliphatic heterocycles. The van der Waals surface area contributed by atoms with Gasteiger partial charge < -0.3 is 10.4 Å². The lowest BCUT2D eigenvalue weighted by molar-refractivity contribution is 0.0936. The second kappa shape index (κ2) is 7.67. The first-order valence-electron chi connectivity index (χ1n) is 6.29. The molecule has 0 aromatic heterocycles. The summed E-state index contributed by atoms with van der Waals surface area (Å²) in [4.78, 5) is 12.0. The van der Waals surface area contributed by atoms with Crippen LogP contribution in [0.1, 0.15) is 17.3 Å². The fourth-order valence-corrected chi connectivity index (χ4v) is 2.91. The molecule has 1 rings (SSSR count). The first kappa shape index (κ1) is 17.8. The molecule has 0 spiro atoms. The van der Waals surface area contributed by atoms with Gasteiger partial charge in [0, 0.05) is 22.5 Å². The molecule has 2 atom stereocenters. The Labute approximate surface area is 129 Å². The second-order valence-electron chi connectivity index (χ2n) is 4.67. The van der Waals surface area contributed by atoms with Gasteiger partial charge in [-0.3, -0.25) is 9.52 Å². The third kappa shape index (κ3) is 5.94. The van der Waals surface area contributed by atoms with E-state index in [1.54, 1.807) is 12.1 Å². The van der Waals surface area contributed by atoms with E-state index in [-0.39, 0.29) is 23.8 Å². The Kier molecular flexibility index (Phi) is 6.50. The highest BCUT2D eigenvalue weighted by Crippen LogP contribution is 2.13. The summed E-state index contributed by atoms with van der Waals surface area (Å²) in [5.41, 5.74) is 0.832. The summed E-state index contributed by atoms with van der Waals surface area (Å²) in [7, 11) is -3.33. The summed E-state index contributed by atoms with van der Waals surface area (Å²) in [6.07, 6.45) is 2.93. The maximum atomic E-state index is 12.0. The van der Waals surface area contributed by atoms with Gasteiger partial charge in [-0.1, -0.05) is 0 Å². The summed E-state index contributed by atoms with van der Waals surface area (Å²) < 4.78 is 24.5. The van der Waals surface area contributed by atoms with Gasteiger partial charge in [0.2, 0.25) is 10.0 Å². The first-order valence-corrected chi connectivity index (χ1v) is 9.47.